The lowest BCUT2D eigenvalue weighted by molar-refractivity contribution is -0.384. The largest absolute Gasteiger partial charge is 0.443 e. The van der Waals surface area contributed by atoms with Gasteiger partial charge in [-0.05, 0) is 20.8 Å². The zero-order valence-electron chi connectivity index (χ0n) is 13.7. The van der Waals surface area contributed by atoms with E-state index in [2.05, 4.69) is 5.10 Å². The van der Waals surface area contributed by atoms with Gasteiger partial charge in [0.25, 0.3) is 5.69 Å². The molecule has 1 aliphatic rings. The minimum absolute atomic E-state index is 0.00431. The van der Waals surface area contributed by atoms with Crippen LogP contribution in [-0.2, 0) is 11.3 Å². The molecule has 0 unspecified atom stereocenters. The van der Waals surface area contributed by atoms with Crippen molar-refractivity contribution in [1.82, 2.24) is 9.78 Å². The molecule has 1 aromatic carbocycles. The third kappa shape index (κ3) is 3.08. The number of non-ortho nitro benzene ring substituents is 1. The van der Waals surface area contributed by atoms with E-state index in [1.165, 1.54) is 17.0 Å². The van der Waals surface area contributed by atoms with Gasteiger partial charge in [0.2, 0.25) is 0 Å². The maximum absolute atomic E-state index is 12.3. The average molecular weight is 330 g/mol. The lowest BCUT2D eigenvalue weighted by atomic mass is 10.1. The van der Waals surface area contributed by atoms with Crippen molar-refractivity contribution < 1.29 is 14.5 Å². The molecule has 8 heteroatoms. The second kappa shape index (κ2) is 5.63. The van der Waals surface area contributed by atoms with E-state index in [1.54, 1.807) is 22.9 Å². The summed E-state index contributed by atoms with van der Waals surface area (Å²) < 4.78 is 7.11. The van der Waals surface area contributed by atoms with Gasteiger partial charge in [0.05, 0.1) is 23.7 Å². The Labute approximate surface area is 138 Å². The summed E-state index contributed by atoms with van der Waals surface area (Å²) in [4.78, 5) is 24.3. The van der Waals surface area contributed by atoms with Gasteiger partial charge in [-0.2, -0.15) is 5.10 Å². The van der Waals surface area contributed by atoms with Crippen LogP contribution in [0.25, 0.3) is 11.3 Å². The van der Waals surface area contributed by atoms with Crippen molar-refractivity contribution in [2.24, 2.45) is 0 Å². The first-order valence-electron chi connectivity index (χ1n) is 7.58. The van der Waals surface area contributed by atoms with E-state index >= 15 is 0 Å². The smallest absolute Gasteiger partial charge is 0.416 e. The molecule has 0 N–H and O–H groups in total. The molecule has 0 saturated carbocycles. The molecule has 2 aromatic rings. The molecule has 0 aliphatic carbocycles. The number of carbonyl (C=O) groups excluding carboxylic acids is 1. The number of nitro benzene ring substituents is 1. The van der Waals surface area contributed by atoms with Gasteiger partial charge in [-0.3, -0.25) is 15.0 Å². The molecule has 0 fully saturated rings. The fourth-order valence-electron chi connectivity index (χ4n) is 2.52. The monoisotopic (exact) mass is 330 g/mol. The Morgan fingerprint density at radius 2 is 2.04 bits per heavy atom. The Bertz CT molecular complexity index is 807. The normalized spacial score (nSPS) is 13.7. The number of nitro groups is 1. The minimum atomic E-state index is -0.576. The van der Waals surface area contributed by atoms with Gasteiger partial charge in [0.1, 0.15) is 11.4 Å². The molecule has 24 heavy (non-hydrogen) atoms. The van der Waals surface area contributed by atoms with Crippen molar-refractivity contribution in [1.29, 1.82) is 0 Å². The van der Waals surface area contributed by atoms with Gasteiger partial charge in [0.15, 0.2) is 0 Å². The van der Waals surface area contributed by atoms with Gasteiger partial charge in [0, 0.05) is 23.8 Å². The summed E-state index contributed by atoms with van der Waals surface area (Å²) in [6, 6.07) is 8.01. The van der Waals surface area contributed by atoms with Crippen molar-refractivity contribution >= 4 is 17.6 Å². The third-order valence-corrected chi connectivity index (χ3v) is 3.54. The number of carbonyl (C=O) groups is 1. The standard InChI is InChI=1S/C16H18N4O4/c1-16(2,3)24-15(21)18-7-8-19-14(18)10-13(17-19)11-5-4-6-12(9-11)20(22)23/h4-6,9-10H,7-8H2,1-3H3. The highest BCUT2D eigenvalue weighted by molar-refractivity contribution is 5.88. The highest BCUT2D eigenvalue weighted by Crippen LogP contribution is 2.30. The maximum atomic E-state index is 12.3. The second-order valence-electron chi connectivity index (χ2n) is 6.55. The van der Waals surface area contributed by atoms with Crippen molar-refractivity contribution in [2.45, 2.75) is 32.9 Å². The van der Waals surface area contributed by atoms with Crippen molar-refractivity contribution in [2.75, 3.05) is 11.4 Å². The summed E-state index contributed by atoms with van der Waals surface area (Å²) in [6.07, 6.45) is -0.424. The molecule has 3 rings (SSSR count). The van der Waals surface area contributed by atoms with E-state index in [9.17, 15) is 14.9 Å². The Kier molecular flexibility index (Phi) is 3.75. The molecule has 0 spiro atoms. The summed E-state index contributed by atoms with van der Waals surface area (Å²) in [5.41, 5.74) is 0.648. The van der Waals surface area contributed by atoms with Crippen LogP contribution in [0.3, 0.4) is 0 Å². The lowest BCUT2D eigenvalue weighted by Crippen LogP contribution is -2.35. The summed E-state index contributed by atoms with van der Waals surface area (Å²) >= 11 is 0. The van der Waals surface area contributed by atoms with Crippen LogP contribution in [0.1, 0.15) is 20.8 Å². The molecule has 1 aliphatic heterocycles. The van der Waals surface area contributed by atoms with E-state index in [1.807, 2.05) is 20.8 Å². The molecular formula is C16H18N4O4. The number of benzene rings is 1. The number of hydrogen-bond acceptors (Lipinski definition) is 5. The average Bonchev–Trinajstić information content (AvgIpc) is 3.05. The van der Waals surface area contributed by atoms with Crippen LogP contribution in [0, 0.1) is 10.1 Å². The van der Waals surface area contributed by atoms with Crippen LogP contribution in [0.15, 0.2) is 30.3 Å². The molecule has 0 saturated heterocycles. The van der Waals surface area contributed by atoms with E-state index in [-0.39, 0.29) is 5.69 Å². The highest BCUT2D eigenvalue weighted by Gasteiger charge is 2.30. The molecule has 2 heterocycles. The van der Waals surface area contributed by atoms with Crippen LogP contribution in [0.4, 0.5) is 16.3 Å². The maximum Gasteiger partial charge on any atom is 0.416 e. The van der Waals surface area contributed by atoms with Crippen LogP contribution < -0.4 is 4.90 Å². The van der Waals surface area contributed by atoms with Crippen molar-refractivity contribution in [3.05, 3.63) is 40.4 Å². The second-order valence-corrected chi connectivity index (χ2v) is 6.55. The van der Waals surface area contributed by atoms with E-state index in [0.717, 1.165) is 0 Å². The summed E-state index contributed by atoms with van der Waals surface area (Å²) in [5.74, 6) is 0.630. The van der Waals surface area contributed by atoms with Gasteiger partial charge in [-0.15, -0.1) is 0 Å². The first-order valence-corrected chi connectivity index (χ1v) is 7.58. The highest BCUT2D eigenvalue weighted by atomic mass is 16.6. The number of ether oxygens (including phenoxy) is 1. The first-order chi connectivity index (χ1) is 11.2. The Hall–Kier alpha value is -2.90. The summed E-state index contributed by atoms with van der Waals surface area (Å²) in [7, 11) is 0. The van der Waals surface area contributed by atoms with E-state index in [4.69, 9.17) is 4.74 Å². The Morgan fingerprint density at radius 1 is 1.29 bits per heavy atom. The van der Waals surface area contributed by atoms with Gasteiger partial charge >= 0.3 is 6.09 Å². The topological polar surface area (TPSA) is 90.5 Å². The number of hydrogen-bond donors (Lipinski definition) is 0. The van der Waals surface area contributed by atoms with Crippen molar-refractivity contribution in [3.63, 3.8) is 0 Å². The number of fused-ring (bicyclic) bond motifs is 1. The predicted molar refractivity (Wildman–Crippen MR) is 87.9 cm³/mol. The number of anilines is 1. The fourth-order valence-corrected chi connectivity index (χ4v) is 2.52. The number of amides is 1. The van der Waals surface area contributed by atoms with Gasteiger partial charge < -0.3 is 4.74 Å². The molecule has 1 aromatic heterocycles. The number of aromatic nitrogens is 2. The fraction of sp³-hybridized carbons (Fsp3) is 0.375. The van der Waals surface area contributed by atoms with Gasteiger partial charge in [-0.25, -0.2) is 9.48 Å². The molecule has 0 bridgehead atoms. The molecule has 8 nitrogen and oxygen atoms in total. The van der Waals surface area contributed by atoms with Crippen LogP contribution in [-0.4, -0.2) is 32.9 Å². The number of nitrogens with zero attached hydrogens (tertiary/aromatic N) is 4. The van der Waals surface area contributed by atoms with E-state index in [0.29, 0.717) is 30.2 Å². The number of rotatable bonds is 2. The van der Waals surface area contributed by atoms with Gasteiger partial charge in [-0.1, -0.05) is 12.1 Å². The SMILES string of the molecule is CC(C)(C)OC(=O)N1CCn2nc(-c3cccc([N+](=O)[O-])c3)cc21. The molecule has 0 atom stereocenters. The van der Waals surface area contributed by atoms with Crippen LogP contribution >= 0.6 is 0 Å². The van der Waals surface area contributed by atoms with Crippen molar-refractivity contribution in [3.8, 4) is 11.3 Å². The molecule has 126 valence electrons. The van der Waals surface area contributed by atoms with Crippen LogP contribution in [0.5, 0.6) is 0 Å². The minimum Gasteiger partial charge on any atom is -0.443 e. The molecular weight excluding hydrogens is 312 g/mol. The summed E-state index contributed by atoms with van der Waals surface area (Å²) in [6.45, 7) is 6.49. The lowest BCUT2D eigenvalue weighted by Gasteiger charge is -2.23. The zero-order valence-corrected chi connectivity index (χ0v) is 13.7. The molecule has 0 radical (unpaired) electrons. The van der Waals surface area contributed by atoms with Crippen LogP contribution in [0.2, 0.25) is 0 Å². The van der Waals surface area contributed by atoms with E-state index < -0.39 is 16.6 Å². The first kappa shape index (κ1) is 16.0. The third-order valence-electron chi connectivity index (χ3n) is 3.54. The Morgan fingerprint density at radius 3 is 2.71 bits per heavy atom. The predicted octanol–water partition coefficient (Wildman–Crippen LogP) is 3.21. The zero-order chi connectivity index (χ0) is 17.5. The molecule has 1 amide bonds. The summed E-state index contributed by atoms with van der Waals surface area (Å²) in [5, 5.41) is 15.3. The Balaban J connectivity index is 1.89. The quantitative estimate of drug-likeness (QED) is 0.623.